The van der Waals surface area contributed by atoms with Crippen LogP contribution in [0.5, 0.6) is 5.88 Å². The van der Waals surface area contributed by atoms with Crippen molar-refractivity contribution in [2.75, 3.05) is 37.5 Å². The lowest BCUT2D eigenvalue weighted by Crippen LogP contribution is -2.34. The summed E-state index contributed by atoms with van der Waals surface area (Å²) in [5.74, 6) is 2.20. The van der Waals surface area contributed by atoms with Gasteiger partial charge in [-0.25, -0.2) is 15.0 Å². The quantitative estimate of drug-likeness (QED) is 0.830. The van der Waals surface area contributed by atoms with Crippen LogP contribution in [0, 0.1) is 0 Å². The molecule has 21 heavy (non-hydrogen) atoms. The largest absolute Gasteiger partial charge is 0.481 e. The Morgan fingerprint density at radius 3 is 2.86 bits per heavy atom. The Bertz CT molecular complexity index is 645. The average Bonchev–Trinajstić information content (AvgIpc) is 2.53. The van der Waals surface area contributed by atoms with E-state index in [1.165, 1.54) is 0 Å². The van der Waals surface area contributed by atoms with Gasteiger partial charge in [-0.3, -0.25) is 0 Å². The number of methoxy groups -OCH3 is 1. The highest BCUT2D eigenvalue weighted by Crippen LogP contribution is 2.26. The lowest BCUT2D eigenvalue weighted by Gasteiger charge is -2.30. The maximum atomic E-state index is 5.17. The van der Waals surface area contributed by atoms with E-state index in [1.54, 1.807) is 25.7 Å². The maximum absolute atomic E-state index is 5.17. The zero-order valence-electron chi connectivity index (χ0n) is 12.4. The molecule has 0 N–H and O–H groups in total. The van der Waals surface area contributed by atoms with E-state index >= 15 is 0 Å². The molecule has 2 aromatic heterocycles. The van der Waals surface area contributed by atoms with E-state index in [2.05, 4.69) is 24.8 Å². The number of anilines is 2. The van der Waals surface area contributed by atoms with Crippen molar-refractivity contribution in [3.8, 4) is 5.88 Å². The molecule has 0 aliphatic carbocycles. The summed E-state index contributed by atoms with van der Waals surface area (Å²) in [6.45, 7) is 1.54. The van der Waals surface area contributed by atoms with Crippen LogP contribution in [0.15, 0.2) is 18.6 Å². The second-order valence-corrected chi connectivity index (χ2v) is 5.09. The van der Waals surface area contributed by atoms with Crippen LogP contribution in [0.3, 0.4) is 0 Å². The molecule has 0 fully saturated rings. The first-order valence-corrected chi connectivity index (χ1v) is 6.81. The summed E-state index contributed by atoms with van der Waals surface area (Å²) in [6.07, 6.45) is 4.20. The Labute approximate surface area is 123 Å². The van der Waals surface area contributed by atoms with Gasteiger partial charge in [0.15, 0.2) is 0 Å². The molecule has 1 aliphatic heterocycles. The number of rotatable bonds is 3. The summed E-state index contributed by atoms with van der Waals surface area (Å²) >= 11 is 0. The molecule has 1 aliphatic rings. The third kappa shape index (κ3) is 2.58. The first-order valence-electron chi connectivity index (χ1n) is 6.81. The molecule has 0 atom stereocenters. The molecule has 2 aromatic rings. The topological polar surface area (TPSA) is 67.3 Å². The molecule has 3 heterocycles. The highest BCUT2D eigenvalue weighted by Gasteiger charge is 2.23. The monoisotopic (exact) mass is 286 g/mol. The minimum Gasteiger partial charge on any atom is -0.481 e. The predicted octanol–water partition coefficient (Wildman–Crippen LogP) is 0.904. The van der Waals surface area contributed by atoms with Crippen molar-refractivity contribution in [1.82, 2.24) is 19.9 Å². The Morgan fingerprint density at radius 2 is 2.10 bits per heavy atom. The summed E-state index contributed by atoms with van der Waals surface area (Å²) in [5, 5.41) is 0. The van der Waals surface area contributed by atoms with Gasteiger partial charge in [0, 0.05) is 44.9 Å². The zero-order valence-corrected chi connectivity index (χ0v) is 12.4. The van der Waals surface area contributed by atoms with E-state index in [0.717, 1.165) is 30.0 Å². The van der Waals surface area contributed by atoms with Crippen molar-refractivity contribution >= 4 is 11.8 Å². The Balaban J connectivity index is 1.93. The maximum Gasteiger partial charge on any atom is 0.228 e. The minimum absolute atomic E-state index is 0.572. The predicted molar refractivity (Wildman–Crippen MR) is 79.7 cm³/mol. The summed E-state index contributed by atoms with van der Waals surface area (Å²) < 4.78 is 5.17. The number of hydrogen-bond acceptors (Lipinski definition) is 7. The lowest BCUT2D eigenvalue weighted by molar-refractivity contribution is 0.396. The number of ether oxygens (including phenoxy) is 1. The molecular weight excluding hydrogens is 268 g/mol. The molecule has 0 saturated heterocycles. The first-order chi connectivity index (χ1) is 10.2. The van der Waals surface area contributed by atoms with E-state index in [-0.39, 0.29) is 0 Å². The fourth-order valence-electron chi connectivity index (χ4n) is 2.48. The highest BCUT2D eigenvalue weighted by molar-refractivity contribution is 5.51. The van der Waals surface area contributed by atoms with Gasteiger partial charge in [0.2, 0.25) is 11.8 Å². The zero-order chi connectivity index (χ0) is 14.8. The molecule has 7 nitrogen and oxygen atoms in total. The summed E-state index contributed by atoms with van der Waals surface area (Å²) in [6, 6.07) is 1.75. The number of fused-ring (bicyclic) bond motifs is 1. The summed E-state index contributed by atoms with van der Waals surface area (Å²) in [4.78, 5) is 21.6. The highest BCUT2D eigenvalue weighted by atomic mass is 16.5. The Hall–Kier alpha value is -2.44. The Kier molecular flexibility index (Phi) is 3.55. The van der Waals surface area contributed by atoms with Crippen LogP contribution in [0.2, 0.25) is 0 Å². The fourth-order valence-corrected chi connectivity index (χ4v) is 2.48. The van der Waals surface area contributed by atoms with Gasteiger partial charge < -0.3 is 14.5 Å². The van der Waals surface area contributed by atoms with Gasteiger partial charge >= 0.3 is 0 Å². The number of hydrogen-bond donors (Lipinski definition) is 0. The van der Waals surface area contributed by atoms with Crippen LogP contribution >= 0.6 is 0 Å². The second kappa shape index (κ2) is 5.51. The van der Waals surface area contributed by atoms with Gasteiger partial charge in [-0.1, -0.05) is 0 Å². The van der Waals surface area contributed by atoms with E-state index in [1.807, 2.05) is 19.0 Å². The van der Waals surface area contributed by atoms with Crippen molar-refractivity contribution in [3.05, 3.63) is 29.8 Å². The van der Waals surface area contributed by atoms with Crippen LogP contribution < -0.4 is 14.5 Å². The molecule has 110 valence electrons. The van der Waals surface area contributed by atoms with Crippen LogP contribution in [-0.4, -0.2) is 47.7 Å². The second-order valence-electron chi connectivity index (χ2n) is 5.09. The molecule has 3 rings (SSSR count). The van der Waals surface area contributed by atoms with Crippen molar-refractivity contribution in [2.24, 2.45) is 0 Å². The summed E-state index contributed by atoms with van der Waals surface area (Å²) in [7, 11) is 5.59. The van der Waals surface area contributed by atoms with Gasteiger partial charge in [0.05, 0.1) is 19.3 Å². The van der Waals surface area contributed by atoms with E-state index in [0.29, 0.717) is 18.4 Å². The van der Waals surface area contributed by atoms with E-state index in [9.17, 15) is 0 Å². The van der Waals surface area contributed by atoms with Crippen molar-refractivity contribution < 1.29 is 4.74 Å². The average molecular weight is 286 g/mol. The van der Waals surface area contributed by atoms with Crippen LogP contribution in [0.1, 0.15) is 11.3 Å². The molecule has 0 unspecified atom stereocenters. The number of aromatic nitrogens is 4. The van der Waals surface area contributed by atoms with Crippen molar-refractivity contribution in [1.29, 1.82) is 0 Å². The van der Waals surface area contributed by atoms with Crippen LogP contribution in [0.25, 0.3) is 0 Å². The number of nitrogens with zero attached hydrogens (tertiary/aromatic N) is 6. The van der Waals surface area contributed by atoms with Gasteiger partial charge in [0.1, 0.15) is 12.1 Å². The van der Waals surface area contributed by atoms with Gasteiger partial charge in [0.25, 0.3) is 0 Å². The first kappa shape index (κ1) is 13.5. The standard InChI is InChI=1S/C14H18N6O/c1-19(2)13-10-8-20(7-5-11(10)16-9-17-13)14-15-6-4-12(18-14)21-3/h4,6,9H,5,7-8H2,1-3H3. The SMILES string of the molecule is COc1ccnc(N2CCc3ncnc(N(C)C)c3C2)n1. The summed E-state index contributed by atoms with van der Waals surface area (Å²) in [5.41, 5.74) is 2.24. The van der Waals surface area contributed by atoms with E-state index in [4.69, 9.17) is 4.74 Å². The molecule has 0 bridgehead atoms. The molecule has 0 spiro atoms. The fraction of sp³-hybridized carbons (Fsp3) is 0.429. The molecule has 0 aromatic carbocycles. The van der Waals surface area contributed by atoms with Crippen molar-refractivity contribution in [3.63, 3.8) is 0 Å². The van der Waals surface area contributed by atoms with E-state index < -0.39 is 0 Å². The lowest BCUT2D eigenvalue weighted by atomic mass is 10.1. The third-order valence-corrected chi connectivity index (χ3v) is 3.51. The van der Waals surface area contributed by atoms with Crippen LogP contribution in [-0.2, 0) is 13.0 Å². The minimum atomic E-state index is 0.572. The van der Waals surface area contributed by atoms with Crippen molar-refractivity contribution in [2.45, 2.75) is 13.0 Å². The van der Waals surface area contributed by atoms with Gasteiger partial charge in [-0.05, 0) is 0 Å². The van der Waals surface area contributed by atoms with Gasteiger partial charge in [-0.15, -0.1) is 0 Å². The molecular formula is C14H18N6O. The third-order valence-electron chi connectivity index (χ3n) is 3.51. The molecule has 7 heteroatoms. The normalized spacial score (nSPS) is 13.8. The van der Waals surface area contributed by atoms with Gasteiger partial charge in [-0.2, -0.15) is 4.98 Å². The molecule has 0 amide bonds. The molecule has 0 radical (unpaired) electrons. The smallest absolute Gasteiger partial charge is 0.228 e. The van der Waals surface area contributed by atoms with Crippen LogP contribution in [0.4, 0.5) is 11.8 Å². The Morgan fingerprint density at radius 1 is 1.24 bits per heavy atom. The molecule has 0 saturated carbocycles.